The first-order valence-electron chi connectivity index (χ1n) is 38.2. The van der Waals surface area contributed by atoms with Crippen LogP contribution in [0.25, 0.3) is 0 Å². The van der Waals surface area contributed by atoms with Crippen molar-refractivity contribution in [3.63, 3.8) is 0 Å². The van der Waals surface area contributed by atoms with Gasteiger partial charge in [-0.1, -0.05) is 48.5 Å². The average molecular weight is 1520 g/mol. The fourth-order valence-electron chi connectivity index (χ4n) is 19.2. The summed E-state index contributed by atoms with van der Waals surface area (Å²) >= 11 is 0. The van der Waals surface area contributed by atoms with Crippen molar-refractivity contribution in [2.75, 3.05) is 6.61 Å². The molecule has 0 spiro atoms. The van der Waals surface area contributed by atoms with Crippen LogP contribution >= 0.6 is 0 Å². The van der Waals surface area contributed by atoms with Crippen LogP contribution in [0.15, 0.2) is 0 Å². The van der Waals surface area contributed by atoms with Crippen molar-refractivity contribution in [2.45, 2.75) is 337 Å². The summed E-state index contributed by atoms with van der Waals surface area (Å²) in [6.45, 7) is 21.1. The Morgan fingerprint density at radius 3 is 1.11 bits per heavy atom. The van der Waals surface area contributed by atoms with E-state index in [4.69, 9.17) is 28.4 Å². The fraction of sp³-hybridized carbons (Fsp3) is 0.922. The van der Waals surface area contributed by atoms with Gasteiger partial charge in [-0.2, -0.15) is 65.9 Å². The van der Waals surface area contributed by atoms with E-state index in [2.05, 4.69) is 0 Å². The molecular weight excluding hydrogens is 1400 g/mol. The maximum absolute atomic E-state index is 13.3. The van der Waals surface area contributed by atoms with Crippen LogP contribution in [0.3, 0.4) is 0 Å². The lowest BCUT2D eigenvalue weighted by Crippen LogP contribution is -2.59. The van der Waals surface area contributed by atoms with Crippen LogP contribution in [0.4, 0.5) is 65.9 Å². The van der Waals surface area contributed by atoms with Gasteiger partial charge in [0.1, 0.15) is 28.5 Å². The van der Waals surface area contributed by atoms with E-state index in [-0.39, 0.29) is 79.5 Å². The molecule has 600 valence electrons. The number of carbonyl (C=O) groups is 6. The zero-order valence-electron chi connectivity index (χ0n) is 63.5. The fourth-order valence-corrected chi connectivity index (χ4v) is 19.2. The maximum atomic E-state index is 13.3. The van der Waals surface area contributed by atoms with Crippen LogP contribution in [0.2, 0.25) is 0 Å². The SMILES string of the molecule is CCC(C)(C(=O)OC1(C)C2CC3CC(C2)CC1C3)C(F)(F)F.CCC(C)(C(=O)OC1(C)CC2CCC1C2)C(F)(F)F.CCC(C)(C(=O)OC1(C)CCCC1)C(F)(F)F.CCC(C)(C(=O)OC12CC3CC(CC(C3)C1)C2)C(F)(F)F.CCC(C)(C(=O)OC1CC2CC(C(=O)OCC(C)C)C1C2)C(F)(F)F. The Hall–Kier alpha value is -4.23. The number of alkyl halides is 15. The summed E-state index contributed by atoms with van der Waals surface area (Å²) in [5, 5.41) is 0. The van der Waals surface area contributed by atoms with E-state index in [0.29, 0.717) is 80.6 Å². The zero-order valence-corrected chi connectivity index (χ0v) is 63.5. The molecule has 12 nitrogen and oxygen atoms in total. The molecule has 0 N–H and O–H groups in total. The van der Waals surface area contributed by atoms with Crippen molar-refractivity contribution in [1.29, 1.82) is 0 Å². The number of rotatable bonds is 18. The van der Waals surface area contributed by atoms with E-state index in [1.807, 2.05) is 20.8 Å². The third-order valence-corrected chi connectivity index (χ3v) is 27.6. The van der Waals surface area contributed by atoms with E-state index in [9.17, 15) is 94.6 Å². The molecule has 0 saturated heterocycles. The van der Waals surface area contributed by atoms with Crippen LogP contribution in [0, 0.1) is 104 Å². The highest BCUT2D eigenvalue weighted by molar-refractivity contribution is 5.80. The Bertz CT molecular complexity index is 2940. The monoisotopic (exact) mass is 1520 g/mol. The topological polar surface area (TPSA) is 158 Å². The lowest BCUT2D eigenvalue weighted by atomic mass is 9.50. The summed E-state index contributed by atoms with van der Waals surface area (Å²) in [6, 6.07) is 0. The van der Waals surface area contributed by atoms with Gasteiger partial charge in [0.2, 0.25) is 0 Å². The van der Waals surface area contributed by atoms with Gasteiger partial charge in [-0.05, 0) is 294 Å². The molecule has 0 aromatic rings. The number of esters is 6. The number of fused-ring (bicyclic) bond motifs is 4. The highest BCUT2D eigenvalue weighted by Crippen LogP contribution is 2.62. The van der Waals surface area contributed by atoms with E-state index >= 15 is 0 Å². The number of halogens is 15. The number of hydrogen-bond acceptors (Lipinski definition) is 12. The zero-order chi connectivity index (χ0) is 78.6. The molecule has 12 bridgehead atoms. The second kappa shape index (κ2) is 31.3. The lowest BCUT2D eigenvalue weighted by Gasteiger charge is -2.59. The van der Waals surface area contributed by atoms with Crippen molar-refractivity contribution >= 4 is 35.8 Å². The van der Waals surface area contributed by atoms with Crippen LogP contribution in [-0.2, 0) is 57.2 Å². The maximum Gasteiger partial charge on any atom is 0.404 e. The molecule has 12 atom stereocenters. The molecule has 27 heteroatoms. The molecule has 0 aromatic heterocycles. The lowest BCUT2D eigenvalue weighted by molar-refractivity contribution is -0.253. The molecular formula is C77H115F15O12. The second-order valence-electron chi connectivity index (χ2n) is 35.4. The standard InChI is InChI=1S/C18H27F3O4.C17H25F3O2.C16H23F3O2.C14H21F3O2.C12H19F3O2/c1-5-17(4,18(19,20)21)16(23)25-14-8-11-6-12(14)13(7-11)15(22)24-9-10(2)3;1-4-15(2,17(18,19)20)14(21)22-16(3)12-6-10-5-11(8-12)9-13(16)7-10;1-3-14(2,16(17,18)19)13(20)21-15-7-10-4-11(8-15)6-12(5-10)9-15;1-4-12(2,14(15,16)17)11(18)19-13(3)8-9-5-6-10(13)7-9;1-4-11(3,12(13,14)15)9(16)17-10(2)7-5-6-8-10/h10-14H,5-9H2,1-4H3;10-13H,4-9H2,1-3H3;10-12H,3-9H2,1-2H3;9-10H,4-8H2,1-3H3;4-8H2,1-3H3. The minimum absolute atomic E-state index is 0.207. The molecule has 0 aliphatic heterocycles. The van der Waals surface area contributed by atoms with Gasteiger partial charge < -0.3 is 28.4 Å². The first-order chi connectivity index (χ1) is 47.5. The van der Waals surface area contributed by atoms with Crippen molar-refractivity contribution in [1.82, 2.24) is 0 Å². The molecule has 0 amide bonds. The van der Waals surface area contributed by atoms with E-state index in [1.165, 1.54) is 60.3 Å². The minimum atomic E-state index is -4.66. The Kier molecular flexibility index (Phi) is 26.2. The molecule has 0 radical (unpaired) electrons. The van der Waals surface area contributed by atoms with Crippen molar-refractivity contribution in [3.05, 3.63) is 0 Å². The van der Waals surface area contributed by atoms with E-state index < -0.39 is 116 Å². The van der Waals surface area contributed by atoms with Gasteiger partial charge in [-0.3, -0.25) is 28.8 Å². The quantitative estimate of drug-likeness (QED) is 0.0728. The highest BCUT2D eigenvalue weighted by atomic mass is 19.4. The van der Waals surface area contributed by atoms with E-state index in [0.717, 1.165) is 112 Å². The average Bonchev–Trinajstić information content (AvgIpc) is 0.930. The van der Waals surface area contributed by atoms with Gasteiger partial charge >= 0.3 is 66.7 Å². The molecule has 13 aliphatic carbocycles. The summed E-state index contributed by atoms with van der Waals surface area (Å²) in [5.41, 5.74) is -14.8. The summed E-state index contributed by atoms with van der Waals surface area (Å²) in [4.78, 5) is 72.9. The molecule has 0 aromatic carbocycles. The van der Waals surface area contributed by atoms with Gasteiger partial charge in [0.15, 0.2) is 27.1 Å². The Morgan fingerprint density at radius 1 is 0.394 bits per heavy atom. The molecule has 13 aliphatic rings. The third-order valence-electron chi connectivity index (χ3n) is 27.6. The molecule has 0 heterocycles. The number of hydrogen-bond donors (Lipinski definition) is 0. The predicted molar refractivity (Wildman–Crippen MR) is 354 cm³/mol. The highest BCUT2D eigenvalue weighted by Gasteiger charge is 2.66. The molecule has 104 heavy (non-hydrogen) atoms. The smallest absolute Gasteiger partial charge is 0.404 e. The van der Waals surface area contributed by atoms with Crippen LogP contribution in [0.1, 0.15) is 277 Å². The largest absolute Gasteiger partial charge is 0.465 e. The van der Waals surface area contributed by atoms with Gasteiger partial charge in [-0.25, -0.2) is 0 Å². The van der Waals surface area contributed by atoms with E-state index in [1.54, 1.807) is 13.8 Å². The van der Waals surface area contributed by atoms with Crippen LogP contribution in [-0.4, -0.2) is 102 Å². The first-order valence-corrected chi connectivity index (χ1v) is 38.2. The summed E-state index contributed by atoms with van der Waals surface area (Å²) in [7, 11) is 0. The molecule has 13 rings (SSSR count). The third kappa shape index (κ3) is 17.8. The molecule has 13 fully saturated rings. The minimum Gasteiger partial charge on any atom is -0.465 e. The normalized spacial score (nSPS) is 35.4. The summed E-state index contributed by atoms with van der Waals surface area (Å²) < 4.78 is 229. The van der Waals surface area contributed by atoms with Gasteiger partial charge in [0.25, 0.3) is 0 Å². The second-order valence-corrected chi connectivity index (χ2v) is 35.4. The molecule has 12 unspecified atom stereocenters. The van der Waals surface area contributed by atoms with Crippen molar-refractivity contribution < 1.29 is 123 Å². The van der Waals surface area contributed by atoms with Gasteiger partial charge in [0.05, 0.1) is 12.5 Å². The summed E-state index contributed by atoms with van der Waals surface area (Å²) in [5.74, 6) is -1.93. The number of carbonyl (C=O) groups excluding carboxylic acids is 6. The summed E-state index contributed by atoms with van der Waals surface area (Å²) in [6.07, 6.45) is -5.22. The Labute approximate surface area is 604 Å². The molecule has 13 saturated carbocycles. The van der Waals surface area contributed by atoms with Crippen LogP contribution in [0.5, 0.6) is 0 Å². The Balaban J connectivity index is 0.000000183. The van der Waals surface area contributed by atoms with Crippen molar-refractivity contribution in [3.8, 4) is 0 Å². The predicted octanol–water partition coefficient (Wildman–Crippen LogP) is 21.2. The Morgan fingerprint density at radius 2 is 0.750 bits per heavy atom. The number of ether oxygens (including phenoxy) is 6. The van der Waals surface area contributed by atoms with Gasteiger partial charge in [-0.15, -0.1) is 0 Å². The van der Waals surface area contributed by atoms with Crippen molar-refractivity contribution in [2.24, 2.45) is 104 Å². The van der Waals surface area contributed by atoms with Gasteiger partial charge in [0, 0.05) is 5.92 Å². The first kappa shape index (κ1) is 87.0. The van der Waals surface area contributed by atoms with Crippen LogP contribution < -0.4 is 0 Å².